The summed E-state index contributed by atoms with van der Waals surface area (Å²) in [5, 5.41) is 5.24. The molecular weight excluding hydrogens is 446 g/mol. The van der Waals surface area contributed by atoms with Crippen LogP contribution in [0, 0.1) is 0 Å². The molecule has 3 aromatic heterocycles. The molecule has 2 unspecified atom stereocenters. The molecule has 4 aromatic rings. The number of carbonyl (C=O) groups is 1. The van der Waals surface area contributed by atoms with E-state index >= 15 is 0 Å². The van der Waals surface area contributed by atoms with Crippen LogP contribution in [0.25, 0.3) is 21.5 Å². The van der Waals surface area contributed by atoms with Crippen molar-refractivity contribution in [1.82, 2.24) is 15.3 Å². The lowest BCUT2D eigenvalue weighted by atomic mass is 10.1. The molecule has 0 spiro atoms. The van der Waals surface area contributed by atoms with Gasteiger partial charge >= 0.3 is 0 Å². The molecule has 0 fully saturated rings. The summed E-state index contributed by atoms with van der Waals surface area (Å²) in [5.41, 5.74) is 1.45. The van der Waals surface area contributed by atoms with Crippen LogP contribution in [0.4, 0.5) is 0 Å². The molecule has 166 valence electrons. The number of rotatable bonds is 8. The van der Waals surface area contributed by atoms with E-state index in [4.69, 9.17) is 9.15 Å². The molecule has 9 heteroatoms. The molecule has 0 saturated heterocycles. The van der Waals surface area contributed by atoms with Gasteiger partial charge in [-0.15, -0.1) is 23.1 Å². The maximum atomic E-state index is 12.8. The van der Waals surface area contributed by atoms with Crippen molar-refractivity contribution in [2.75, 3.05) is 12.9 Å². The molecule has 1 amide bonds. The van der Waals surface area contributed by atoms with Gasteiger partial charge in [0.2, 0.25) is 5.91 Å². The molecule has 32 heavy (non-hydrogen) atoms. The standard InChI is InChI=1S/C23H23N3O4S2/c1-13(15-7-4-5-8-17(15)29-3)24-19(27)12-31-14(2)21-25-22(28)20-16(11-32-23(20)26-21)18-9-6-10-30-18/h4-11,13-14H,12H2,1-3H3,(H,24,27)(H,25,26,28). The van der Waals surface area contributed by atoms with E-state index in [9.17, 15) is 9.59 Å². The predicted molar refractivity (Wildman–Crippen MR) is 128 cm³/mol. The number of hydrogen-bond acceptors (Lipinski definition) is 7. The molecule has 0 bridgehead atoms. The minimum Gasteiger partial charge on any atom is -0.496 e. The topological polar surface area (TPSA) is 97.2 Å². The number of hydrogen-bond donors (Lipinski definition) is 2. The van der Waals surface area contributed by atoms with Gasteiger partial charge in [-0.05, 0) is 32.0 Å². The minimum absolute atomic E-state index is 0.0973. The van der Waals surface area contributed by atoms with Crippen molar-refractivity contribution in [3.63, 3.8) is 0 Å². The summed E-state index contributed by atoms with van der Waals surface area (Å²) in [6, 6.07) is 11.0. The second-order valence-electron chi connectivity index (χ2n) is 7.24. The number of thioether (sulfide) groups is 1. The normalized spacial score (nSPS) is 13.1. The van der Waals surface area contributed by atoms with Crippen LogP contribution in [0.3, 0.4) is 0 Å². The fourth-order valence-electron chi connectivity index (χ4n) is 3.44. The predicted octanol–water partition coefficient (Wildman–Crippen LogP) is 4.92. The molecule has 0 aliphatic rings. The van der Waals surface area contributed by atoms with Gasteiger partial charge in [-0.25, -0.2) is 4.98 Å². The van der Waals surface area contributed by atoms with Crippen molar-refractivity contribution >= 4 is 39.2 Å². The maximum Gasteiger partial charge on any atom is 0.260 e. The Morgan fingerprint density at radius 3 is 2.84 bits per heavy atom. The minimum atomic E-state index is -0.209. The highest BCUT2D eigenvalue weighted by atomic mass is 32.2. The van der Waals surface area contributed by atoms with Gasteiger partial charge in [0.05, 0.1) is 35.8 Å². The summed E-state index contributed by atoms with van der Waals surface area (Å²) in [7, 11) is 1.61. The van der Waals surface area contributed by atoms with Crippen molar-refractivity contribution in [2.45, 2.75) is 25.1 Å². The molecule has 1 aromatic carbocycles. The van der Waals surface area contributed by atoms with Gasteiger partial charge in [0.25, 0.3) is 5.56 Å². The third-order valence-corrected chi connectivity index (χ3v) is 7.11. The second-order valence-corrected chi connectivity index (χ2v) is 9.43. The monoisotopic (exact) mass is 469 g/mol. The van der Waals surface area contributed by atoms with Gasteiger partial charge in [-0.2, -0.15) is 0 Å². The average Bonchev–Trinajstić information content (AvgIpc) is 3.47. The van der Waals surface area contributed by atoms with Crippen LogP contribution >= 0.6 is 23.1 Å². The average molecular weight is 470 g/mol. The highest BCUT2D eigenvalue weighted by Gasteiger charge is 2.19. The van der Waals surface area contributed by atoms with E-state index < -0.39 is 0 Å². The Morgan fingerprint density at radius 2 is 2.09 bits per heavy atom. The Balaban J connectivity index is 1.42. The molecule has 2 N–H and O–H groups in total. The number of nitrogens with zero attached hydrogens (tertiary/aromatic N) is 1. The zero-order chi connectivity index (χ0) is 22.7. The fraction of sp³-hybridized carbons (Fsp3) is 0.261. The number of amides is 1. The lowest BCUT2D eigenvalue weighted by Gasteiger charge is -2.18. The van der Waals surface area contributed by atoms with Gasteiger partial charge < -0.3 is 19.5 Å². The van der Waals surface area contributed by atoms with Gasteiger partial charge in [0, 0.05) is 16.5 Å². The molecule has 0 radical (unpaired) electrons. The number of furan rings is 1. The van der Waals surface area contributed by atoms with E-state index in [0.29, 0.717) is 21.8 Å². The quantitative estimate of drug-likeness (QED) is 0.380. The number of carbonyl (C=O) groups excluding carboxylic acids is 1. The van der Waals surface area contributed by atoms with E-state index in [1.54, 1.807) is 19.4 Å². The van der Waals surface area contributed by atoms with Crippen LogP contribution in [0.1, 0.15) is 36.5 Å². The maximum absolute atomic E-state index is 12.8. The van der Waals surface area contributed by atoms with E-state index in [0.717, 1.165) is 16.9 Å². The zero-order valence-electron chi connectivity index (χ0n) is 17.9. The number of aromatic nitrogens is 2. The van der Waals surface area contributed by atoms with Crippen molar-refractivity contribution < 1.29 is 13.9 Å². The van der Waals surface area contributed by atoms with Crippen LogP contribution < -0.4 is 15.6 Å². The van der Waals surface area contributed by atoms with E-state index in [2.05, 4.69) is 15.3 Å². The molecule has 0 aliphatic carbocycles. The van der Waals surface area contributed by atoms with Crippen LogP contribution in [-0.4, -0.2) is 28.7 Å². The molecule has 2 atom stereocenters. The molecule has 0 aliphatic heterocycles. The molecule has 4 rings (SSSR count). The number of fused-ring (bicyclic) bond motifs is 1. The molecule has 3 heterocycles. The fourth-order valence-corrected chi connectivity index (χ4v) is 5.13. The summed E-state index contributed by atoms with van der Waals surface area (Å²) >= 11 is 2.82. The second kappa shape index (κ2) is 9.62. The van der Waals surface area contributed by atoms with Crippen molar-refractivity contribution in [2.24, 2.45) is 0 Å². The van der Waals surface area contributed by atoms with Gasteiger partial charge in [-0.1, -0.05) is 18.2 Å². The third kappa shape index (κ3) is 4.58. The Labute approximate surface area is 193 Å². The van der Waals surface area contributed by atoms with Gasteiger partial charge in [0.1, 0.15) is 22.2 Å². The summed E-state index contributed by atoms with van der Waals surface area (Å²) in [4.78, 5) is 33.4. The summed E-state index contributed by atoms with van der Waals surface area (Å²) < 4.78 is 10.8. The van der Waals surface area contributed by atoms with Gasteiger partial charge in [0.15, 0.2) is 0 Å². The number of methoxy groups -OCH3 is 1. The summed E-state index contributed by atoms with van der Waals surface area (Å²) in [6.45, 7) is 3.84. The van der Waals surface area contributed by atoms with E-state index in [1.807, 2.05) is 49.6 Å². The first-order chi connectivity index (χ1) is 15.5. The van der Waals surface area contributed by atoms with Crippen LogP contribution in [0.5, 0.6) is 5.75 Å². The van der Waals surface area contributed by atoms with Crippen molar-refractivity contribution in [3.05, 3.63) is 69.8 Å². The van der Waals surface area contributed by atoms with Crippen LogP contribution in [-0.2, 0) is 4.79 Å². The zero-order valence-corrected chi connectivity index (χ0v) is 19.5. The highest BCUT2D eigenvalue weighted by Crippen LogP contribution is 2.33. The largest absolute Gasteiger partial charge is 0.496 e. The number of nitrogens with one attached hydrogen (secondary N) is 2. The summed E-state index contributed by atoms with van der Waals surface area (Å²) in [5.74, 6) is 2.07. The number of benzene rings is 1. The smallest absolute Gasteiger partial charge is 0.260 e. The number of H-pyrrole nitrogens is 1. The number of thiophene rings is 1. The van der Waals surface area contributed by atoms with E-state index in [-0.39, 0.29) is 28.5 Å². The summed E-state index contributed by atoms with van der Waals surface area (Å²) in [6.07, 6.45) is 1.58. The SMILES string of the molecule is COc1ccccc1C(C)NC(=O)CSC(C)c1nc2scc(-c3ccco3)c2c(=O)[nH]1. The molecule has 0 saturated carbocycles. The lowest BCUT2D eigenvalue weighted by molar-refractivity contribution is -0.119. The third-order valence-electron chi connectivity index (χ3n) is 5.08. The number of para-hydroxylation sites is 1. The Bertz CT molecular complexity index is 1280. The first-order valence-corrected chi connectivity index (χ1v) is 12.0. The first-order valence-electron chi connectivity index (χ1n) is 10.1. The van der Waals surface area contributed by atoms with E-state index in [1.165, 1.54) is 23.1 Å². The van der Waals surface area contributed by atoms with Crippen LogP contribution in [0.2, 0.25) is 0 Å². The molecular formula is C23H23N3O4S2. The first kappa shape index (κ1) is 22.2. The lowest BCUT2D eigenvalue weighted by Crippen LogP contribution is -2.28. The highest BCUT2D eigenvalue weighted by molar-refractivity contribution is 8.00. The number of ether oxygens (including phenoxy) is 1. The van der Waals surface area contributed by atoms with Crippen molar-refractivity contribution in [3.8, 4) is 17.1 Å². The number of aromatic amines is 1. The van der Waals surface area contributed by atoms with Gasteiger partial charge in [-0.3, -0.25) is 9.59 Å². The Kier molecular flexibility index (Phi) is 6.66. The molecule has 7 nitrogen and oxygen atoms in total. The van der Waals surface area contributed by atoms with Crippen molar-refractivity contribution in [1.29, 1.82) is 0 Å². The Hall–Kier alpha value is -3.04. The van der Waals surface area contributed by atoms with Crippen LogP contribution in [0.15, 0.2) is 57.3 Å². The Morgan fingerprint density at radius 1 is 1.28 bits per heavy atom.